The SMILES string of the molecule is CCC(CC)N1CCO[C@H](C)C1. The maximum Gasteiger partial charge on any atom is 0.0674 e. The van der Waals surface area contributed by atoms with Crippen molar-refractivity contribution in [2.75, 3.05) is 19.7 Å². The van der Waals surface area contributed by atoms with Crippen molar-refractivity contribution in [1.29, 1.82) is 0 Å². The quantitative estimate of drug-likeness (QED) is 0.643. The Bertz CT molecular complexity index is 123. The molecule has 0 aromatic carbocycles. The molecule has 12 heavy (non-hydrogen) atoms. The molecule has 0 unspecified atom stereocenters. The minimum Gasteiger partial charge on any atom is -0.376 e. The summed E-state index contributed by atoms with van der Waals surface area (Å²) < 4.78 is 5.51. The summed E-state index contributed by atoms with van der Waals surface area (Å²) in [6, 6.07) is 0.774. The first-order chi connectivity index (χ1) is 5.77. The van der Waals surface area contributed by atoms with Crippen molar-refractivity contribution < 1.29 is 4.74 Å². The van der Waals surface area contributed by atoms with Crippen LogP contribution in [0.4, 0.5) is 0 Å². The summed E-state index contributed by atoms with van der Waals surface area (Å²) in [5, 5.41) is 0. The second-order valence-electron chi connectivity index (χ2n) is 3.65. The van der Waals surface area contributed by atoms with Crippen LogP contribution >= 0.6 is 0 Å². The molecule has 1 saturated heterocycles. The molecule has 72 valence electrons. The zero-order valence-electron chi connectivity index (χ0n) is 8.55. The molecule has 2 heteroatoms. The van der Waals surface area contributed by atoms with Gasteiger partial charge in [-0.15, -0.1) is 0 Å². The van der Waals surface area contributed by atoms with Crippen molar-refractivity contribution in [3.05, 3.63) is 0 Å². The lowest BCUT2D eigenvalue weighted by atomic mass is 10.1. The standard InChI is InChI=1S/C10H21NO/c1-4-10(5-2)11-6-7-12-9(3)8-11/h9-10H,4-8H2,1-3H3/t9-/m1/s1. The highest BCUT2D eigenvalue weighted by molar-refractivity contribution is 4.74. The van der Waals surface area contributed by atoms with E-state index >= 15 is 0 Å². The van der Waals surface area contributed by atoms with Gasteiger partial charge in [0.2, 0.25) is 0 Å². The first kappa shape index (κ1) is 10.0. The first-order valence-corrected chi connectivity index (χ1v) is 5.13. The van der Waals surface area contributed by atoms with Gasteiger partial charge in [-0.3, -0.25) is 4.90 Å². The number of morpholine rings is 1. The van der Waals surface area contributed by atoms with Gasteiger partial charge in [-0.2, -0.15) is 0 Å². The van der Waals surface area contributed by atoms with Gasteiger partial charge >= 0.3 is 0 Å². The third-order valence-corrected chi connectivity index (χ3v) is 2.73. The minimum atomic E-state index is 0.430. The van der Waals surface area contributed by atoms with Crippen LogP contribution in [-0.2, 0) is 4.74 Å². The van der Waals surface area contributed by atoms with Crippen LogP contribution in [0.2, 0.25) is 0 Å². The molecule has 2 nitrogen and oxygen atoms in total. The van der Waals surface area contributed by atoms with Crippen molar-refractivity contribution in [3.8, 4) is 0 Å². The van der Waals surface area contributed by atoms with E-state index in [0.29, 0.717) is 6.10 Å². The van der Waals surface area contributed by atoms with Gasteiger partial charge in [0.25, 0.3) is 0 Å². The fraction of sp³-hybridized carbons (Fsp3) is 1.00. The molecule has 0 aromatic rings. The molecule has 1 fully saturated rings. The Morgan fingerprint density at radius 3 is 2.58 bits per heavy atom. The summed E-state index contributed by atoms with van der Waals surface area (Å²) in [6.45, 7) is 9.86. The Hall–Kier alpha value is -0.0800. The predicted molar refractivity (Wildman–Crippen MR) is 51.4 cm³/mol. The molecule has 0 radical (unpaired) electrons. The van der Waals surface area contributed by atoms with E-state index in [1.807, 2.05) is 0 Å². The van der Waals surface area contributed by atoms with E-state index in [1.165, 1.54) is 12.8 Å². The number of ether oxygens (including phenoxy) is 1. The molecule has 1 aliphatic heterocycles. The Morgan fingerprint density at radius 1 is 1.42 bits per heavy atom. The van der Waals surface area contributed by atoms with Crippen molar-refractivity contribution in [2.24, 2.45) is 0 Å². The lowest BCUT2D eigenvalue weighted by molar-refractivity contribution is -0.0350. The van der Waals surface area contributed by atoms with Crippen molar-refractivity contribution in [1.82, 2.24) is 4.90 Å². The second kappa shape index (κ2) is 4.83. The van der Waals surface area contributed by atoms with E-state index in [2.05, 4.69) is 25.7 Å². The molecule has 1 rings (SSSR count). The molecular weight excluding hydrogens is 150 g/mol. The molecule has 0 aromatic heterocycles. The van der Waals surface area contributed by atoms with Gasteiger partial charge in [0.1, 0.15) is 0 Å². The molecule has 0 aliphatic carbocycles. The van der Waals surface area contributed by atoms with E-state index in [1.54, 1.807) is 0 Å². The topological polar surface area (TPSA) is 12.5 Å². The maximum atomic E-state index is 5.51. The predicted octanol–water partition coefficient (Wildman–Crippen LogP) is 1.90. The van der Waals surface area contributed by atoms with E-state index in [4.69, 9.17) is 4.74 Å². The van der Waals surface area contributed by atoms with Crippen molar-refractivity contribution >= 4 is 0 Å². The lowest BCUT2D eigenvalue weighted by Crippen LogP contribution is -2.46. The average Bonchev–Trinajstić information content (AvgIpc) is 2.07. The van der Waals surface area contributed by atoms with E-state index in [-0.39, 0.29) is 0 Å². The Labute approximate surface area is 75.9 Å². The molecule has 0 spiro atoms. The van der Waals surface area contributed by atoms with Gasteiger partial charge < -0.3 is 4.74 Å². The van der Waals surface area contributed by atoms with Crippen LogP contribution in [0, 0.1) is 0 Å². The molecule has 1 atom stereocenters. The van der Waals surface area contributed by atoms with Gasteiger partial charge in [0, 0.05) is 19.1 Å². The molecular formula is C10H21NO. The monoisotopic (exact) mass is 171 g/mol. The average molecular weight is 171 g/mol. The smallest absolute Gasteiger partial charge is 0.0674 e. The zero-order valence-corrected chi connectivity index (χ0v) is 8.55. The highest BCUT2D eigenvalue weighted by Gasteiger charge is 2.21. The van der Waals surface area contributed by atoms with Gasteiger partial charge in [0.05, 0.1) is 12.7 Å². The molecule has 0 bridgehead atoms. The molecule has 0 amide bonds. The summed E-state index contributed by atoms with van der Waals surface area (Å²) in [6.07, 6.45) is 2.96. The number of hydrogen-bond acceptors (Lipinski definition) is 2. The first-order valence-electron chi connectivity index (χ1n) is 5.13. The lowest BCUT2D eigenvalue weighted by Gasteiger charge is -2.36. The molecule has 1 heterocycles. The molecule has 0 saturated carbocycles. The van der Waals surface area contributed by atoms with Crippen LogP contribution in [0.1, 0.15) is 33.6 Å². The maximum absolute atomic E-state index is 5.51. The summed E-state index contributed by atoms with van der Waals surface area (Å²) in [4.78, 5) is 2.56. The Balaban J connectivity index is 2.38. The minimum absolute atomic E-state index is 0.430. The van der Waals surface area contributed by atoms with Gasteiger partial charge in [-0.25, -0.2) is 0 Å². The number of rotatable bonds is 3. The summed E-state index contributed by atoms with van der Waals surface area (Å²) in [7, 11) is 0. The Kier molecular flexibility index (Phi) is 4.02. The van der Waals surface area contributed by atoms with Gasteiger partial charge in [0.15, 0.2) is 0 Å². The normalized spacial score (nSPS) is 26.5. The zero-order chi connectivity index (χ0) is 8.97. The fourth-order valence-electron chi connectivity index (χ4n) is 1.98. The van der Waals surface area contributed by atoms with Crippen LogP contribution in [0.3, 0.4) is 0 Å². The van der Waals surface area contributed by atoms with Crippen molar-refractivity contribution in [3.63, 3.8) is 0 Å². The Morgan fingerprint density at radius 2 is 2.08 bits per heavy atom. The fourth-order valence-corrected chi connectivity index (χ4v) is 1.98. The van der Waals surface area contributed by atoms with Crippen LogP contribution < -0.4 is 0 Å². The van der Waals surface area contributed by atoms with Crippen LogP contribution in [-0.4, -0.2) is 36.7 Å². The third-order valence-electron chi connectivity index (χ3n) is 2.73. The van der Waals surface area contributed by atoms with E-state index in [0.717, 1.165) is 25.7 Å². The highest BCUT2D eigenvalue weighted by Crippen LogP contribution is 2.13. The summed E-state index contributed by atoms with van der Waals surface area (Å²) >= 11 is 0. The second-order valence-corrected chi connectivity index (χ2v) is 3.65. The largest absolute Gasteiger partial charge is 0.376 e. The van der Waals surface area contributed by atoms with Gasteiger partial charge in [-0.1, -0.05) is 13.8 Å². The summed E-state index contributed by atoms with van der Waals surface area (Å²) in [5.74, 6) is 0. The van der Waals surface area contributed by atoms with Crippen LogP contribution in [0.25, 0.3) is 0 Å². The van der Waals surface area contributed by atoms with E-state index in [9.17, 15) is 0 Å². The number of nitrogens with zero attached hydrogens (tertiary/aromatic N) is 1. The number of hydrogen-bond donors (Lipinski definition) is 0. The van der Waals surface area contributed by atoms with Crippen LogP contribution in [0.5, 0.6) is 0 Å². The molecule has 0 N–H and O–H groups in total. The molecule has 1 aliphatic rings. The summed E-state index contributed by atoms with van der Waals surface area (Å²) in [5.41, 5.74) is 0. The highest BCUT2D eigenvalue weighted by atomic mass is 16.5. The van der Waals surface area contributed by atoms with Crippen molar-refractivity contribution in [2.45, 2.75) is 45.8 Å². The van der Waals surface area contributed by atoms with Gasteiger partial charge in [-0.05, 0) is 19.8 Å². The van der Waals surface area contributed by atoms with Crippen LogP contribution in [0.15, 0.2) is 0 Å². The van der Waals surface area contributed by atoms with E-state index < -0.39 is 0 Å². The third kappa shape index (κ3) is 2.46.